The molecule has 0 saturated carbocycles. The first kappa shape index (κ1) is 20.1. The number of hydrogen-bond donors (Lipinski definition) is 1. The van der Waals surface area contributed by atoms with Crippen molar-refractivity contribution in [2.45, 2.75) is 17.9 Å². The zero-order valence-electron chi connectivity index (χ0n) is 13.7. The van der Waals surface area contributed by atoms with Crippen molar-refractivity contribution in [3.63, 3.8) is 0 Å². The molecule has 0 aliphatic carbocycles. The Bertz CT molecular complexity index is 854. The van der Waals surface area contributed by atoms with E-state index in [9.17, 15) is 13.2 Å². The number of likely N-dealkylation sites (N-methyl/N-ethyl adjacent to an activating group) is 1. The number of carbonyl (C=O) groups excluding carboxylic acids is 1. The van der Waals surface area contributed by atoms with Crippen LogP contribution in [0.1, 0.15) is 18.5 Å². The lowest BCUT2D eigenvalue weighted by Crippen LogP contribution is -2.39. The maximum absolute atomic E-state index is 12.5. The SMILES string of the molecule is C[C@H](NC(=O)CN(C)S(=O)(=O)c1ccc(Br)cc1)c1cccc(Br)c1. The Labute approximate surface area is 164 Å². The molecule has 1 atom stereocenters. The topological polar surface area (TPSA) is 66.5 Å². The molecule has 8 heteroatoms. The van der Waals surface area contributed by atoms with Gasteiger partial charge in [0.1, 0.15) is 0 Å². The maximum atomic E-state index is 12.5. The number of benzene rings is 2. The summed E-state index contributed by atoms with van der Waals surface area (Å²) in [6.07, 6.45) is 0. The predicted octanol–water partition coefficient (Wildman–Crippen LogP) is 3.71. The van der Waals surface area contributed by atoms with Crippen LogP contribution in [0.5, 0.6) is 0 Å². The molecule has 2 aromatic carbocycles. The highest BCUT2D eigenvalue weighted by Crippen LogP contribution is 2.19. The molecule has 0 spiro atoms. The van der Waals surface area contributed by atoms with E-state index in [4.69, 9.17) is 0 Å². The highest BCUT2D eigenvalue weighted by molar-refractivity contribution is 9.10. The summed E-state index contributed by atoms with van der Waals surface area (Å²) in [7, 11) is -2.32. The zero-order valence-corrected chi connectivity index (χ0v) is 17.7. The van der Waals surface area contributed by atoms with Crippen LogP contribution >= 0.6 is 31.9 Å². The van der Waals surface area contributed by atoms with Crippen LogP contribution in [0.15, 0.2) is 62.4 Å². The molecule has 0 heterocycles. The van der Waals surface area contributed by atoms with E-state index in [1.807, 2.05) is 31.2 Å². The molecule has 2 rings (SSSR count). The Kier molecular flexibility index (Phi) is 6.79. The number of carbonyl (C=O) groups is 1. The van der Waals surface area contributed by atoms with E-state index in [1.54, 1.807) is 12.1 Å². The molecule has 2 aromatic rings. The van der Waals surface area contributed by atoms with Crippen LogP contribution in [0.25, 0.3) is 0 Å². The molecule has 1 N–H and O–H groups in total. The average Bonchev–Trinajstić information content (AvgIpc) is 2.55. The third-order valence-corrected chi connectivity index (χ3v) is 6.45. The normalized spacial score (nSPS) is 12.8. The molecule has 1 amide bonds. The molecule has 0 unspecified atom stereocenters. The fraction of sp³-hybridized carbons (Fsp3) is 0.235. The van der Waals surface area contributed by atoms with Crippen molar-refractivity contribution < 1.29 is 13.2 Å². The number of rotatable bonds is 6. The van der Waals surface area contributed by atoms with Crippen LogP contribution in [0.3, 0.4) is 0 Å². The van der Waals surface area contributed by atoms with Crippen LogP contribution in [0.2, 0.25) is 0 Å². The minimum Gasteiger partial charge on any atom is -0.348 e. The van der Waals surface area contributed by atoms with Gasteiger partial charge in [-0.3, -0.25) is 4.79 Å². The van der Waals surface area contributed by atoms with Crippen molar-refractivity contribution in [1.29, 1.82) is 0 Å². The summed E-state index contributed by atoms with van der Waals surface area (Å²) in [6, 6.07) is 13.7. The lowest BCUT2D eigenvalue weighted by Gasteiger charge is -2.19. The van der Waals surface area contributed by atoms with Crippen LogP contribution < -0.4 is 5.32 Å². The van der Waals surface area contributed by atoms with E-state index in [2.05, 4.69) is 37.2 Å². The van der Waals surface area contributed by atoms with E-state index in [1.165, 1.54) is 19.2 Å². The first-order valence-corrected chi connectivity index (χ1v) is 10.5. The van der Waals surface area contributed by atoms with Gasteiger partial charge in [-0.15, -0.1) is 0 Å². The molecule has 0 radical (unpaired) electrons. The summed E-state index contributed by atoms with van der Waals surface area (Å²) in [6.45, 7) is 1.60. The second-order valence-corrected chi connectivity index (χ2v) is 9.44. The van der Waals surface area contributed by atoms with E-state index in [0.29, 0.717) is 0 Å². The molecule has 0 aromatic heterocycles. The van der Waals surface area contributed by atoms with Crippen molar-refractivity contribution in [2.75, 3.05) is 13.6 Å². The van der Waals surface area contributed by atoms with E-state index >= 15 is 0 Å². The maximum Gasteiger partial charge on any atom is 0.243 e. The van der Waals surface area contributed by atoms with E-state index < -0.39 is 10.0 Å². The number of amides is 1. The van der Waals surface area contributed by atoms with Crippen molar-refractivity contribution >= 4 is 47.8 Å². The number of sulfonamides is 1. The Balaban J connectivity index is 2.03. The Morgan fingerprint density at radius 3 is 2.36 bits per heavy atom. The van der Waals surface area contributed by atoms with Gasteiger partial charge in [0.05, 0.1) is 17.5 Å². The number of nitrogens with zero attached hydrogens (tertiary/aromatic N) is 1. The molecule has 0 fully saturated rings. The Morgan fingerprint density at radius 2 is 1.76 bits per heavy atom. The molecule has 5 nitrogen and oxygen atoms in total. The summed E-state index contributed by atoms with van der Waals surface area (Å²) < 4.78 is 27.8. The van der Waals surface area contributed by atoms with E-state index in [-0.39, 0.29) is 23.4 Å². The van der Waals surface area contributed by atoms with Gasteiger partial charge < -0.3 is 5.32 Å². The summed E-state index contributed by atoms with van der Waals surface area (Å²) in [5.74, 6) is -0.365. The van der Waals surface area contributed by atoms with Gasteiger partial charge in [0.15, 0.2) is 0 Å². The van der Waals surface area contributed by atoms with Crippen LogP contribution in [-0.4, -0.2) is 32.2 Å². The molecule has 134 valence electrons. The third kappa shape index (κ3) is 5.37. The molecule has 0 bridgehead atoms. The first-order chi connectivity index (χ1) is 11.7. The molecular weight excluding hydrogens is 472 g/mol. The average molecular weight is 490 g/mol. The smallest absolute Gasteiger partial charge is 0.243 e. The predicted molar refractivity (Wildman–Crippen MR) is 105 cm³/mol. The molecule has 25 heavy (non-hydrogen) atoms. The molecule has 0 aliphatic heterocycles. The minimum absolute atomic E-state index is 0.144. The van der Waals surface area contributed by atoms with Crippen molar-refractivity contribution in [1.82, 2.24) is 9.62 Å². The number of nitrogens with one attached hydrogen (secondary N) is 1. The van der Waals surface area contributed by atoms with Gasteiger partial charge in [-0.05, 0) is 48.9 Å². The quantitative estimate of drug-likeness (QED) is 0.672. The molecule has 0 aliphatic rings. The Morgan fingerprint density at radius 1 is 1.12 bits per heavy atom. The fourth-order valence-corrected chi connectivity index (χ4v) is 4.03. The first-order valence-electron chi connectivity index (χ1n) is 7.47. The van der Waals surface area contributed by atoms with Gasteiger partial charge in [0.25, 0.3) is 0 Å². The summed E-state index contributed by atoms with van der Waals surface area (Å²) in [5.41, 5.74) is 0.932. The summed E-state index contributed by atoms with van der Waals surface area (Å²) >= 11 is 6.66. The molecule has 0 saturated heterocycles. The monoisotopic (exact) mass is 488 g/mol. The number of halogens is 2. The largest absolute Gasteiger partial charge is 0.348 e. The zero-order chi connectivity index (χ0) is 18.6. The highest BCUT2D eigenvalue weighted by atomic mass is 79.9. The van der Waals surface area contributed by atoms with Crippen molar-refractivity contribution in [3.8, 4) is 0 Å². The standard InChI is InChI=1S/C17H18Br2N2O3S/c1-12(13-4-3-5-15(19)10-13)20-17(22)11-21(2)25(23,24)16-8-6-14(18)7-9-16/h3-10,12H,11H2,1-2H3,(H,20,22)/t12-/m0/s1. The van der Waals surface area contributed by atoms with Gasteiger partial charge >= 0.3 is 0 Å². The van der Waals surface area contributed by atoms with Gasteiger partial charge in [-0.25, -0.2) is 8.42 Å². The fourth-order valence-electron chi connectivity index (χ4n) is 2.22. The van der Waals surface area contributed by atoms with E-state index in [0.717, 1.165) is 18.8 Å². The third-order valence-electron chi connectivity index (χ3n) is 3.61. The second kappa shape index (κ2) is 8.44. The molecular formula is C17H18Br2N2O3S. The van der Waals surface area contributed by atoms with Crippen molar-refractivity contribution in [3.05, 3.63) is 63.0 Å². The lowest BCUT2D eigenvalue weighted by atomic mass is 10.1. The highest BCUT2D eigenvalue weighted by Gasteiger charge is 2.23. The van der Waals surface area contributed by atoms with Crippen LogP contribution in [0, 0.1) is 0 Å². The summed E-state index contributed by atoms with van der Waals surface area (Å²) in [5, 5.41) is 2.81. The minimum atomic E-state index is -3.71. The summed E-state index contributed by atoms with van der Waals surface area (Å²) in [4.78, 5) is 12.4. The van der Waals surface area contributed by atoms with Crippen LogP contribution in [-0.2, 0) is 14.8 Å². The number of hydrogen-bond acceptors (Lipinski definition) is 3. The van der Waals surface area contributed by atoms with Crippen molar-refractivity contribution in [2.24, 2.45) is 0 Å². The van der Waals surface area contributed by atoms with Crippen LogP contribution in [0.4, 0.5) is 0 Å². The van der Waals surface area contributed by atoms with Gasteiger partial charge in [0.2, 0.25) is 15.9 Å². The van der Waals surface area contributed by atoms with Gasteiger partial charge in [0, 0.05) is 16.0 Å². The second-order valence-electron chi connectivity index (χ2n) is 5.56. The lowest BCUT2D eigenvalue weighted by molar-refractivity contribution is -0.121. The van der Waals surface area contributed by atoms with Gasteiger partial charge in [-0.2, -0.15) is 4.31 Å². The van der Waals surface area contributed by atoms with Gasteiger partial charge in [-0.1, -0.05) is 44.0 Å². The Hall–Kier alpha value is -1.22.